The van der Waals surface area contributed by atoms with Gasteiger partial charge in [-0.1, -0.05) is 6.92 Å². The Labute approximate surface area is 85.4 Å². The normalized spacial score (nSPS) is 31.5. The Kier molecular flexibility index (Phi) is 3.06. The second kappa shape index (κ2) is 4.30. The number of carbonyl (C=O) groups excluding carboxylic acids is 1. The molecule has 2 rings (SSSR count). The number of nitrogens with zero attached hydrogens (tertiary/aromatic N) is 1. The van der Waals surface area contributed by atoms with Gasteiger partial charge in [0, 0.05) is 6.04 Å². The third kappa shape index (κ3) is 2.27. The molecule has 2 heterocycles. The highest BCUT2D eigenvalue weighted by atomic mass is 16.5. The van der Waals surface area contributed by atoms with E-state index in [9.17, 15) is 4.79 Å². The highest BCUT2D eigenvalue weighted by Crippen LogP contribution is 2.22. The minimum atomic E-state index is -0.0140. The molecule has 0 aromatic heterocycles. The van der Waals surface area contributed by atoms with Gasteiger partial charge in [0.05, 0.1) is 13.0 Å². The van der Waals surface area contributed by atoms with Crippen molar-refractivity contribution in [2.75, 3.05) is 19.7 Å². The number of piperidine rings is 1. The van der Waals surface area contributed by atoms with Crippen molar-refractivity contribution in [2.24, 2.45) is 5.92 Å². The molecule has 1 atom stereocenters. The fourth-order valence-electron chi connectivity index (χ4n) is 2.37. The van der Waals surface area contributed by atoms with Gasteiger partial charge >= 0.3 is 5.97 Å². The predicted octanol–water partition coefficient (Wildman–Crippen LogP) is 1.42. The minimum absolute atomic E-state index is 0.0140. The molecule has 0 aromatic rings. The molecule has 0 aliphatic carbocycles. The van der Waals surface area contributed by atoms with Crippen molar-refractivity contribution in [1.29, 1.82) is 0 Å². The van der Waals surface area contributed by atoms with E-state index in [1.54, 1.807) is 0 Å². The minimum Gasteiger partial charge on any atom is -0.466 e. The van der Waals surface area contributed by atoms with Crippen LogP contribution in [0.1, 0.15) is 32.6 Å². The first-order valence-corrected chi connectivity index (χ1v) is 5.65. The van der Waals surface area contributed by atoms with E-state index in [-0.39, 0.29) is 5.97 Å². The molecular formula is C11H19NO2. The van der Waals surface area contributed by atoms with Crippen LogP contribution in [-0.2, 0) is 9.53 Å². The van der Waals surface area contributed by atoms with Crippen LogP contribution < -0.4 is 0 Å². The van der Waals surface area contributed by atoms with Gasteiger partial charge in [-0.25, -0.2) is 0 Å². The summed E-state index contributed by atoms with van der Waals surface area (Å²) in [7, 11) is 0. The summed E-state index contributed by atoms with van der Waals surface area (Å²) in [5.41, 5.74) is 0. The molecule has 3 nitrogen and oxygen atoms in total. The summed E-state index contributed by atoms with van der Waals surface area (Å²) in [4.78, 5) is 13.6. The van der Waals surface area contributed by atoms with Crippen LogP contribution in [0.2, 0.25) is 0 Å². The molecule has 0 N–H and O–H groups in total. The number of likely N-dealkylation sites (tertiary alicyclic amines) is 1. The van der Waals surface area contributed by atoms with Crippen molar-refractivity contribution >= 4 is 5.97 Å². The summed E-state index contributed by atoms with van der Waals surface area (Å²) in [6.45, 7) is 5.26. The van der Waals surface area contributed by atoms with Gasteiger partial charge in [-0.15, -0.1) is 0 Å². The fraction of sp³-hybridized carbons (Fsp3) is 0.909. The average molecular weight is 197 g/mol. The van der Waals surface area contributed by atoms with Gasteiger partial charge in [0.2, 0.25) is 0 Å². The van der Waals surface area contributed by atoms with E-state index in [2.05, 4.69) is 11.8 Å². The summed E-state index contributed by atoms with van der Waals surface area (Å²) >= 11 is 0. The van der Waals surface area contributed by atoms with Crippen LogP contribution in [0.25, 0.3) is 0 Å². The van der Waals surface area contributed by atoms with Gasteiger partial charge in [0.1, 0.15) is 0 Å². The zero-order valence-corrected chi connectivity index (χ0v) is 8.87. The molecule has 2 fully saturated rings. The van der Waals surface area contributed by atoms with E-state index in [1.165, 1.54) is 25.9 Å². The first kappa shape index (κ1) is 9.97. The number of cyclic esters (lactones) is 1. The fourth-order valence-corrected chi connectivity index (χ4v) is 2.37. The van der Waals surface area contributed by atoms with E-state index in [4.69, 9.17) is 4.74 Å². The molecule has 0 aromatic carbocycles. The molecule has 0 radical (unpaired) electrons. The zero-order chi connectivity index (χ0) is 9.97. The standard InChI is InChI=1S/C11H19NO2/c1-9-2-5-12(6-3-9)10-4-7-14-11(13)8-10/h9-10H,2-8H2,1H3. The average Bonchev–Trinajstić information content (AvgIpc) is 2.19. The molecule has 80 valence electrons. The third-order valence-electron chi connectivity index (χ3n) is 3.45. The molecule has 0 spiro atoms. The molecule has 2 aliphatic heterocycles. The van der Waals surface area contributed by atoms with E-state index in [1.807, 2.05) is 0 Å². The summed E-state index contributed by atoms with van der Waals surface area (Å²) in [6, 6.07) is 0.462. The Hall–Kier alpha value is -0.570. The van der Waals surface area contributed by atoms with E-state index in [0.29, 0.717) is 19.1 Å². The van der Waals surface area contributed by atoms with Crippen molar-refractivity contribution in [3.05, 3.63) is 0 Å². The van der Waals surface area contributed by atoms with Gasteiger partial charge in [-0.3, -0.25) is 9.69 Å². The maximum atomic E-state index is 11.1. The Morgan fingerprint density at radius 3 is 2.64 bits per heavy atom. The smallest absolute Gasteiger partial charge is 0.307 e. The lowest BCUT2D eigenvalue weighted by atomic mass is 9.96. The molecule has 3 heteroatoms. The molecular weight excluding hydrogens is 178 g/mol. The number of hydrogen-bond acceptors (Lipinski definition) is 3. The van der Waals surface area contributed by atoms with Crippen molar-refractivity contribution in [1.82, 2.24) is 4.90 Å². The van der Waals surface area contributed by atoms with E-state index < -0.39 is 0 Å². The second-order valence-electron chi connectivity index (χ2n) is 4.59. The molecule has 2 aliphatic rings. The van der Waals surface area contributed by atoms with Crippen molar-refractivity contribution in [3.8, 4) is 0 Å². The van der Waals surface area contributed by atoms with Crippen molar-refractivity contribution in [3.63, 3.8) is 0 Å². The monoisotopic (exact) mass is 197 g/mol. The Morgan fingerprint density at radius 1 is 1.29 bits per heavy atom. The van der Waals surface area contributed by atoms with Gasteiger partial charge in [-0.2, -0.15) is 0 Å². The van der Waals surface area contributed by atoms with Gasteiger partial charge in [-0.05, 0) is 38.3 Å². The molecule has 0 saturated carbocycles. The van der Waals surface area contributed by atoms with Crippen LogP contribution in [0.4, 0.5) is 0 Å². The van der Waals surface area contributed by atoms with Crippen molar-refractivity contribution < 1.29 is 9.53 Å². The van der Waals surface area contributed by atoms with Crippen LogP contribution in [0.3, 0.4) is 0 Å². The first-order chi connectivity index (χ1) is 6.75. The summed E-state index contributed by atoms with van der Waals surface area (Å²) in [5.74, 6) is 0.849. The van der Waals surface area contributed by atoms with Crippen LogP contribution >= 0.6 is 0 Å². The number of rotatable bonds is 1. The maximum Gasteiger partial charge on any atom is 0.307 e. The third-order valence-corrected chi connectivity index (χ3v) is 3.45. The lowest BCUT2D eigenvalue weighted by Gasteiger charge is -2.37. The number of ether oxygens (including phenoxy) is 1. The molecule has 0 bridgehead atoms. The van der Waals surface area contributed by atoms with Gasteiger partial charge < -0.3 is 4.74 Å². The summed E-state index contributed by atoms with van der Waals surface area (Å²) in [6.07, 6.45) is 4.20. The largest absolute Gasteiger partial charge is 0.466 e. The highest BCUT2D eigenvalue weighted by molar-refractivity contribution is 5.70. The van der Waals surface area contributed by atoms with E-state index >= 15 is 0 Å². The van der Waals surface area contributed by atoms with Crippen LogP contribution in [0.5, 0.6) is 0 Å². The van der Waals surface area contributed by atoms with Crippen LogP contribution in [0, 0.1) is 5.92 Å². The predicted molar refractivity (Wildman–Crippen MR) is 54.0 cm³/mol. The topological polar surface area (TPSA) is 29.5 Å². The number of hydrogen-bond donors (Lipinski definition) is 0. The molecule has 2 saturated heterocycles. The Morgan fingerprint density at radius 2 is 2.00 bits per heavy atom. The lowest BCUT2D eigenvalue weighted by molar-refractivity contribution is -0.150. The van der Waals surface area contributed by atoms with Crippen molar-refractivity contribution in [2.45, 2.75) is 38.6 Å². The first-order valence-electron chi connectivity index (χ1n) is 5.65. The van der Waals surface area contributed by atoms with Crippen LogP contribution in [0.15, 0.2) is 0 Å². The molecule has 0 amide bonds. The Balaban J connectivity index is 1.85. The quantitative estimate of drug-likeness (QED) is 0.595. The second-order valence-corrected chi connectivity index (χ2v) is 4.59. The van der Waals surface area contributed by atoms with Crippen LogP contribution in [-0.4, -0.2) is 36.6 Å². The Bertz CT molecular complexity index is 209. The van der Waals surface area contributed by atoms with Gasteiger partial charge in [0.25, 0.3) is 0 Å². The SMILES string of the molecule is CC1CCN(C2CCOC(=O)C2)CC1. The maximum absolute atomic E-state index is 11.1. The number of esters is 1. The number of carbonyl (C=O) groups is 1. The van der Waals surface area contributed by atoms with E-state index in [0.717, 1.165) is 12.3 Å². The summed E-state index contributed by atoms with van der Waals surface area (Å²) < 4.78 is 4.95. The van der Waals surface area contributed by atoms with Gasteiger partial charge in [0.15, 0.2) is 0 Å². The summed E-state index contributed by atoms with van der Waals surface area (Å²) in [5, 5.41) is 0. The lowest BCUT2D eigenvalue weighted by Crippen LogP contribution is -2.44. The molecule has 14 heavy (non-hydrogen) atoms. The highest BCUT2D eigenvalue weighted by Gasteiger charge is 2.28. The zero-order valence-electron chi connectivity index (χ0n) is 8.87. The molecule has 1 unspecified atom stereocenters.